The number of pyridine rings is 1. The van der Waals surface area contributed by atoms with Gasteiger partial charge in [0.1, 0.15) is 5.82 Å². The number of rotatable bonds is 7. The van der Waals surface area contributed by atoms with Crippen molar-refractivity contribution in [1.82, 2.24) is 9.88 Å². The molecule has 170 valence electrons. The SMILES string of the molecule is CCOC(=O)c1ccc(N2CCCN(CC(=O)Nc3ccccc3C(=O)OC)CC2)nc1. The maximum absolute atomic E-state index is 12.6. The molecule has 0 radical (unpaired) electrons. The van der Waals surface area contributed by atoms with Crippen LogP contribution in [-0.4, -0.2) is 74.2 Å². The zero-order valence-electron chi connectivity index (χ0n) is 18.4. The summed E-state index contributed by atoms with van der Waals surface area (Å²) in [5, 5.41) is 2.81. The number of para-hydroxylation sites is 1. The van der Waals surface area contributed by atoms with Crippen molar-refractivity contribution < 1.29 is 23.9 Å². The van der Waals surface area contributed by atoms with Gasteiger partial charge < -0.3 is 19.7 Å². The van der Waals surface area contributed by atoms with Crippen molar-refractivity contribution in [2.24, 2.45) is 0 Å². The summed E-state index contributed by atoms with van der Waals surface area (Å²) in [5.74, 6) is -0.274. The van der Waals surface area contributed by atoms with Gasteiger partial charge in [0.15, 0.2) is 0 Å². The third kappa shape index (κ3) is 6.04. The van der Waals surface area contributed by atoms with Crippen LogP contribution in [0.5, 0.6) is 0 Å². The summed E-state index contributed by atoms with van der Waals surface area (Å²) in [5.41, 5.74) is 1.19. The number of hydrogen-bond donors (Lipinski definition) is 1. The number of hydrogen-bond acceptors (Lipinski definition) is 8. The van der Waals surface area contributed by atoms with E-state index in [0.29, 0.717) is 36.5 Å². The summed E-state index contributed by atoms with van der Waals surface area (Å²) in [6, 6.07) is 10.3. The predicted molar refractivity (Wildman–Crippen MR) is 120 cm³/mol. The Hall–Kier alpha value is -3.46. The lowest BCUT2D eigenvalue weighted by molar-refractivity contribution is -0.117. The van der Waals surface area contributed by atoms with E-state index in [1.54, 1.807) is 37.3 Å². The van der Waals surface area contributed by atoms with Crippen molar-refractivity contribution in [2.75, 3.05) is 56.7 Å². The number of carbonyl (C=O) groups is 3. The fourth-order valence-electron chi connectivity index (χ4n) is 3.54. The summed E-state index contributed by atoms with van der Waals surface area (Å²) < 4.78 is 9.76. The van der Waals surface area contributed by atoms with Gasteiger partial charge >= 0.3 is 11.9 Å². The Kier molecular flexibility index (Phi) is 8.15. The maximum Gasteiger partial charge on any atom is 0.339 e. The van der Waals surface area contributed by atoms with Gasteiger partial charge in [-0.3, -0.25) is 9.69 Å². The molecule has 1 fully saturated rings. The molecule has 1 aliphatic rings. The molecule has 1 amide bonds. The van der Waals surface area contributed by atoms with Crippen LogP contribution in [0.3, 0.4) is 0 Å². The number of esters is 2. The average molecular weight is 441 g/mol. The Morgan fingerprint density at radius 1 is 1.03 bits per heavy atom. The van der Waals surface area contributed by atoms with Gasteiger partial charge in [0, 0.05) is 32.4 Å². The highest BCUT2D eigenvalue weighted by Gasteiger charge is 2.20. The number of methoxy groups -OCH3 is 1. The van der Waals surface area contributed by atoms with Gasteiger partial charge in [0.25, 0.3) is 0 Å². The zero-order valence-corrected chi connectivity index (χ0v) is 18.4. The molecule has 1 saturated heterocycles. The summed E-state index contributed by atoms with van der Waals surface area (Å²) in [7, 11) is 1.31. The molecule has 0 saturated carbocycles. The van der Waals surface area contributed by atoms with Gasteiger partial charge in [-0.2, -0.15) is 0 Å². The highest BCUT2D eigenvalue weighted by Crippen LogP contribution is 2.17. The van der Waals surface area contributed by atoms with E-state index in [-0.39, 0.29) is 18.4 Å². The lowest BCUT2D eigenvalue weighted by atomic mass is 10.2. The Bertz CT molecular complexity index is 948. The number of anilines is 2. The number of amides is 1. The second-order valence-electron chi connectivity index (χ2n) is 7.33. The van der Waals surface area contributed by atoms with Crippen LogP contribution in [-0.2, 0) is 14.3 Å². The van der Waals surface area contributed by atoms with Crippen molar-refractivity contribution in [3.05, 3.63) is 53.7 Å². The lowest BCUT2D eigenvalue weighted by Crippen LogP contribution is -2.36. The maximum atomic E-state index is 12.6. The quantitative estimate of drug-likeness (QED) is 0.654. The molecule has 0 bridgehead atoms. The second kappa shape index (κ2) is 11.2. The molecule has 9 nitrogen and oxygen atoms in total. The number of aromatic nitrogens is 1. The van der Waals surface area contributed by atoms with Crippen molar-refractivity contribution in [2.45, 2.75) is 13.3 Å². The lowest BCUT2D eigenvalue weighted by Gasteiger charge is -2.22. The normalized spacial score (nSPS) is 14.4. The standard InChI is InChI=1S/C23H28N4O5/c1-3-32-22(29)17-9-10-20(24-15-17)27-12-6-11-26(13-14-27)16-21(28)25-19-8-5-4-7-18(19)23(30)31-2/h4-5,7-10,15H,3,6,11-14,16H2,1-2H3,(H,25,28). The highest BCUT2D eigenvalue weighted by atomic mass is 16.5. The number of nitrogens with zero attached hydrogens (tertiary/aromatic N) is 3. The van der Waals surface area contributed by atoms with E-state index in [4.69, 9.17) is 9.47 Å². The van der Waals surface area contributed by atoms with Crippen molar-refractivity contribution >= 4 is 29.4 Å². The van der Waals surface area contributed by atoms with E-state index in [9.17, 15) is 14.4 Å². The van der Waals surface area contributed by atoms with Crippen LogP contribution >= 0.6 is 0 Å². The molecule has 1 aromatic heterocycles. The van der Waals surface area contributed by atoms with E-state index in [2.05, 4.69) is 20.1 Å². The third-order valence-corrected chi connectivity index (χ3v) is 5.15. The molecule has 2 aromatic rings. The summed E-state index contributed by atoms with van der Waals surface area (Å²) in [4.78, 5) is 44.9. The molecule has 3 rings (SSSR count). The largest absolute Gasteiger partial charge is 0.465 e. The number of carbonyl (C=O) groups excluding carboxylic acids is 3. The van der Waals surface area contributed by atoms with Crippen LogP contribution in [0.4, 0.5) is 11.5 Å². The molecule has 1 N–H and O–H groups in total. The monoisotopic (exact) mass is 440 g/mol. The minimum absolute atomic E-state index is 0.188. The smallest absolute Gasteiger partial charge is 0.339 e. The van der Waals surface area contributed by atoms with Crippen molar-refractivity contribution in [3.63, 3.8) is 0 Å². The molecule has 1 aliphatic heterocycles. The van der Waals surface area contributed by atoms with Crippen molar-refractivity contribution in [1.29, 1.82) is 0 Å². The molecule has 2 heterocycles. The fourth-order valence-corrected chi connectivity index (χ4v) is 3.54. The van der Waals surface area contributed by atoms with Crippen LogP contribution in [0.15, 0.2) is 42.6 Å². The predicted octanol–water partition coefficient (Wildman–Crippen LogP) is 2.20. The number of benzene rings is 1. The fraction of sp³-hybridized carbons (Fsp3) is 0.391. The van der Waals surface area contributed by atoms with Gasteiger partial charge in [-0.1, -0.05) is 12.1 Å². The topological polar surface area (TPSA) is 101 Å². The summed E-state index contributed by atoms with van der Waals surface area (Å²) in [6.45, 7) is 5.27. The van der Waals surface area contributed by atoms with Crippen LogP contribution in [0.1, 0.15) is 34.1 Å². The van der Waals surface area contributed by atoms with Gasteiger partial charge in [-0.25, -0.2) is 14.6 Å². The molecule has 0 unspecified atom stereocenters. The summed E-state index contributed by atoms with van der Waals surface area (Å²) in [6.07, 6.45) is 2.40. The van der Waals surface area contributed by atoms with Gasteiger partial charge in [0.2, 0.25) is 5.91 Å². The second-order valence-corrected chi connectivity index (χ2v) is 7.33. The number of ether oxygens (including phenoxy) is 2. The first-order valence-corrected chi connectivity index (χ1v) is 10.6. The molecule has 0 atom stereocenters. The Labute approximate surface area is 187 Å². The molecule has 9 heteroatoms. The van der Waals surface area contributed by atoms with Crippen LogP contribution in [0.25, 0.3) is 0 Å². The van der Waals surface area contributed by atoms with Gasteiger partial charge in [-0.05, 0) is 37.6 Å². The van der Waals surface area contributed by atoms with Crippen molar-refractivity contribution in [3.8, 4) is 0 Å². The Balaban J connectivity index is 1.55. The first kappa shape index (κ1) is 23.2. The summed E-state index contributed by atoms with van der Waals surface area (Å²) >= 11 is 0. The third-order valence-electron chi connectivity index (χ3n) is 5.15. The van der Waals surface area contributed by atoms with E-state index in [1.165, 1.54) is 13.3 Å². The average Bonchev–Trinajstić information content (AvgIpc) is 3.04. The zero-order chi connectivity index (χ0) is 22.9. The minimum atomic E-state index is -0.493. The van der Waals surface area contributed by atoms with Crippen LogP contribution in [0.2, 0.25) is 0 Å². The molecular formula is C23H28N4O5. The van der Waals surface area contributed by atoms with Gasteiger partial charge in [-0.15, -0.1) is 0 Å². The first-order chi connectivity index (χ1) is 15.5. The Morgan fingerprint density at radius 2 is 1.84 bits per heavy atom. The van der Waals surface area contributed by atoms with E-state index >= 15 is 0 Å². The number of nitrogens with one attached hydrogen (secondary N) is 1. The first-order valence-electron chi connectivity index (χ1n) is 10.6. The Morgan fingerprint density at radius 3 is 2.56 bits per heavy atom. The van der Waals surface area contributed by atoms with Crippen LogP contribution in [0, 0.1) is 0 Å². The molecule has 32 heavy (non-hydrogen) atoms. The highest BCUT2D eigenvalue weighted by molar-refractivity contribution is 6.01. The van der Waals surface area contributed by atoms with E-state index < -0.39 is 5.97 Å². The van der Waals surface area contributed by atoms with Crippen LogP contribution < -0.4 is 10.2 Å². The molecule has 1 aromatic carbocycles. The minimum Gasteiger partial charge on any atom is -0.465 e. The van der Waals surface area contributed by atoms with E-state index in [0.717, 1.165) is 25.3 Å². The molecular weight excluding hydrogens is 412 g/mol. The van der Waals surface area contributed by atoms with E-state index in [1.807, 2.05) is 6.07 Å². The van der Waals surface area contributed by atoms with Gasteiger partial charge in [0.05, 0.1) is 37.1 Å². The molecule has 0 spiro atoms. The molecule has 0 aliphatic carbocycles.